The van der Waals surface area contributed by atoms with Crippen molar-refractivity contribution in [3.63, 3.8) is 0 Å². The van der Waals surface area contributed by atoms with E-state index in [9.17, 15) is 14.7 Å². The molecule has 1 amide bonds. The van der Waals surface area contributed by atoms with Crippen LogP contribution in [-0.4, -0.2) is 39.0 Å². The highest BCUT2D eigenvalue weighted by atomic mass is 16.6. The molecule has 0 fully saturated rings. The van der Waals surface area contributed by atoms with Crippen LogP contribution in [0.1, 0.15) is 52.8 Å². The van der Waals surface area contributed by atoms with E-state index in [-0.39, 0.29) is 12.3 Å². The van der Waals surface area contributed by atoms with Gasteiger partial charge in [0.1, 0.15) is 11.6 Å². The molecule has 1 aromatic heterocycles. The van der Waals surface area contributed by atoms with Gasteiger partial charge in [0.15, 0.2) is 0 Å². The molecule has 2 aromatic rings. The first kappa shape index (κ1) is 22.4. The predicted octanol–water partition coefficient (Wildman–Crippen LogP) is 4.06. The van der Waals surface area contributed by atoms with E-state index in [4.69, 9.17) is 9.15 Å². The Labute approximate surface area is 170 Å². The van der Waals surface area contributed by atoms with Crippen LogP contribution >= 0.6 is 0 Å². The molecule has 1 heterocycles. The van der Waals surface area contributed by atoms with Crippen molar-refractivity contribution in [3.05, 3.63) is 36.2 Å². The standard InChI is InChI=1S/C21H29N3O5/c1-5-6-12-21(4,19(25)26)22-20(27)28-16(14(2)3)13-17-23-24-18(29-17)15-10-8-7-9-11-15/h7-11,14,16H,5-6,12-13H2,1-4H3,(H,22,27)(H,25,26)/t16?,21-/m0/s1. The van der Waals surface area contributed by atoms with E-state index in [1.165, 1.54) is 6.92 Å². The van der Waals surface area contributed by atoms with Gasteiger partial charge in [-0.3, -0.25) is 0 Å². The number of hydrogen-bond donors (Lipinski definition) is 2. The zero-order valence-corrected chi connectivity index (χ0v) is 17.3. The highest BCUT2D eigenvalue weighted by Gasteiger charge is 2.35. The quantitative estimate of drug-likeness (QED) is 0.614. The number of carboxylic acid groups (broad SMARTS) is 1. The third-order valence-corrected chi connectivity index (χ3v) is 4.75. The van der Waals surface area contributed by atoms with Crippen LogP contribution in [0.3, 0.4) is 0 Å². The van der Waals surface area contributed by atoms with Gasteiger partial charge < -0.3 is 19.6 Å². The van der Waals surface area contributed by atoms with E-state index in [1.54, 1.807) is 0 Å². The van der Waals surface area contributed by atoms with Crippen LogP contribution in [0.5, 0.6) is 0 Å². The van der Waals surface area contributed by atoms with Gasteiger partial charge in [-0.2, -0.15) is 0 Å². The SMILES string of the molecule is CCCC[C@](C)(NC(=O)OC(Cc1nnc(-c2ccccc2)o1)C(C)C)C(=O)O. The van der Waals surface area contributed by atoms with Crippen LogP contribution in [0.4, 0.5) is 4.79 Å². The number of ether oxygens (including phenoxy) is 1. The van der Waals surface area contributed by atoms with Gasteiger partial charge in [-0.25, -0.2) is 9.59 Å². The third kappa shape index (κ3) is 6.30. The summed E-state index contributed by atoms with van der Waals surface area (Å²) in [5, 5.41) is 20.1. The van der Waals surface area contributed by atoms with E-state index in [0.717, 1.165) is 12.0 Å². The fourth-order valence-corrected chi connectivity index (χ4v) is 2.76. The highest BCUT2D eigenvalue weighted by molar-refractivity contribution is 5.83. The van der Waals surface area contributed by atoms with Gasteiger partial charge in [-0.05, 0) is 31.4 Å². The molecule has 8 nitrogen and oxygen atoms in total. The molecule has 1 unspecified atom stereocenters. The van der Waals surface area contributed by atoms with Crippen molar-refractivity contribution >= 4 is 12.1 Å². The topological polar surface area (TPSA) is 115 Å². The number of aliphatic carboxylic acids is 1. The summed E-state index contributed by atoms with van der Waals surface area (Å²) in [6.07, 6.45) is 0.764. The molecule has 0 radical (unpaired) electrons. The summed E-state index contributed by atoms with van der Waals surface area (Å²) in [7, 11) is 0. The minimum Gasteiger partial charge on any atom is -0.480 e. The second-order valence-corrected chi connectivity index (χ2v) is 7.62. The van der Waals surface area contributed by atoms with Crippen molar-refractivity contribution in [1.82, 2.24) is 15.5 Å². The average Bonchev–Trinajstić information content (AvgIpc) is 3.15. The number of amides is 1. The molecule has 0 saturated heterocycles. The number of nitrogens with one attached hydrogen (secondary N) is 1. The first-order valence-corrected chi connectivity index (χ1v) is 9.85. The van der Waals surface area contributed by atoms with E-state index in [0.29, 0.717) is 24.6 Å². The Morgan fingerprint density at radius 2 is 1.93 bits per heavy atom. The molecule has 2 atom stereocenters. The van der Waals surface area contributed by atoms with Crippen LogP contribution in [0.2, 0.25) is 0 Å². The van der Waals surface area contributed by atoms with E-state index in [1.807, 2.05) is 51.1 Å². The lowest BCUT2D eigenvalue weighted by Gasteiger charge is -2.28. The van der Waals surface area contributed by atoms with Crippen molar-refractivity contribution < 1.29 is 23.8 Å². The van der Waals surface area contributed by atoms with Crippen LogP contribution in [0.25, 0.3) is 11.5 Å². The maximum absolute atomic E-state index is 12.4. The lowest BCUT2D eigenvalue weighted by Crippen LogP contribution is -2.53. The molecule has 8 heteroatoms. The molecule has 1 aromatic carbocycles. The first-order valence-electron chi connectivity index (χ1n) is 9.85. The number of hydrogen-bond acceptors (Lipinski definition) is 6. The summed E-state index contributed by atoms with van der Waals surface area (Å²) in [6, 6.07) is 9.38. The summed E-state index contributed by atoms with van der Waals surface area (Å²) >= 11 is 0. The highest BCUT2D eigenvalue weighted by Crippen LogP contribution is 2.20. The number of rotatable bonds is 10. The maximum Gasteiger partial charge on any atom is 0.408 e. The Morgan fingerprint density at radius 3 is 2.52 bits per heavy atom. The fraction of sp³-hybridized carbons (Fsp3) is 0.524. The van der Waals surface area contributed by atoms with Gasteiger partial charge in [-0.15, -0.1) is 10.2 Å². The second-order valence-electron chi connectivity index (χ2n) is 7.62. The van der Waals surface area contributed by atoms with Gasteiger partial charge in [0.25, 0.3) is 0 Å². The molecule has 0 aliphatic heterocycles. The van der Waals surface area contributed by atoms with E-state index < -0.39 is 23.7 Å². The van der Waals surface area contributed by atoms with Crippen molar-refractivity contribution in [3.8, 4) is 11.5 Å². The molecular weight excluding hydrogens is 374 g/mol. The Hall–Kier alpha value is -2.90. The summed E-state index contributed by atoms with van der Waals surface area (Å²) in [6.45, 7) is 7.25. The number of alkyl carbamates (subject to hydrolysis) is 1. The molecule has 0 spiro atoms. The van der Waals surface area contributed by atoms with Crippen LogP contribution in [0, 0.1) is 5.92 Å². The summed E-state index contributed by atoms with van der Waals surface area (Å²) in [4.78, 5) is 24.0. The van der Waals surface area contributed by atoms with E-state index in [2.05, 4.69) is 15.5 Å². The Morgan fingerprint density at radius 1 is 1.24 bits per heavy atom. The minimum atomic E-state index is -1.38. The molecular formula is C21H29N3O5. The minimum absolute atomic E-state index is 0.0282. The van der Waals surface area contributed by atoms with E-state index >= 15 is 0 Å². The number of carbonyl (C=O) groups is 2. The lowest BCUT2D eigenvalue weighted by atomic mass is 9.95. The van der Waals surface area contributed by atoms with Gasteiger partial charge >= 0.3 is 12.1 Å². The van der Waals surface area contributed by atoms with Crippen LogP contribution in [0.15, 0.2) is 34.7 Å². The first-order chi connectivity index (χ1) is 13.7. The van der Waals surface area contributed by atoms with Gasteiger partial charge in [0.05, 0.1) is 6.42 Å². The molecule has 29 heavy (non-hydrogen) atoms. The summed E-state index contributed by atoms with van der Waals surface area (Å²) in [5.41, 5.74) is -0.571. The number of nitrogens with zero attached hydrogens (tertiary/aromatic N) is 2. The van der Waals surface area contributed by atoms with Crippen molar-refractivity contribution in [2.45, 2.75) is 65.0 Å². The summed E-state index contributed by atoms with van der Waals surface area (Å²) < 4.78 is 11.2. The van der Waals surface area contributed by atoms with Crippen LogP contribution < -0.4 is 5.32 Å². The molecule has 2 rings (SSSR count). The predicted molar refractivity (Wildman–Crippen MR) is 107 cm³/mol. The monoisotopic (exact) mass is 403 g/mol. The van der Waals surface area contributed by atoms with Gasteiger partial charge in [0.2, 0.25) is 11.8 Å². The third-order valence-electron chi connectivity index (χ3n) is 4.75. The number of benzene rings is 1. The van der Waals surface area contributed by atoms with Gasteiger partial charge in [-0.1, -0.05) is 51.8 Å². The number of carbonyl (C=O) groups excluding carboxylic acids is 1. The van der Waals surface area contributed by atoms with Crippen molar-refractivity contribution in [1.29, 1.82) is 0 Å². The number of carboxylic acids is 1. The number of aromatic nitrogens is 2. The fourth-order valence-electron chi connectivity index (χ4n) is 2.76. The zero-order chi connectivity index (χ0) is 21.4. The number of unbranched alkanes of at least 4 members (excludes halogenated alkanes) is 1. The zero-order valence-electron chi connectivity index (χ0n) is 17.3. The average molecular weight is 403 g/mol. The second kappa shape index (κ2) is 10.0. The molecule has 158 valence electrons. The maximum atomic E-state index is 12.4. The molecule has 0 aliphatic carbocycles. The lowest BCUT2D eigenvalue weighted by molar-refractivity contribution is -0.144. The normalized spacial score (nSPS) is 14.2. The molecule has 0 saturated carbocycles. The largest absolute Gasteiger partial charge is 0.480 e. The Bertz CT molecular complexity index is 806. The van der Waals surface area contributed by atoms with Crippen LogP contribution in [-0.2, 0) is 16.0 Å². The van der Waals surface area contributed by atoms with Gasteiger partial charge in [0, 0.05) is 5.56 Å². The van der Waals surface area contributed by atoms with Crippen molar-refractivity contribution in [2.24, 2.45) is 5.92 Å². The molecule has 0 bridgehead atoms. The Kier molecular flexibility index (Phi) is 7.75. The molecule has 2 N–H and O–H groups in total. The summed E-state index contributed by atoms with van der Waals surface area (Å²) in [5.74, 6) is -0.374. The smallest absolute Gasteiger partial charge is 0.408 e. The van der Waals surface area contributed by atoms with Crippen molar-refractivity contribution in [2.75, 3.05) is 0 Å². The Balaban J connectivity index is 2.04. The molecule has 0 aliphatic rings.